The molecular formula is C16H22ClNO3S. The number of carbonyl (C=O) groups is 1. The van der Waals surface area contributed by atoms with Gasteiger partial charge in [0.15, 0.2) is 0 Å². The van der Waals surface area contributed by atoms with E-state index in [-0.39, 0.29) is 11.8 Å². The molecule has 0 aromatic heterocycles. The van der Waals surface area contributed by atoms with Crippen molar-refractivity contribution in [2.24, 2.45) is 0 Å². The number of thioether (sulfide) groups is 1. The van der Waals surface area contributed by atoms with Gasteiger partial charge < -0.3 is 14.7 Å². The van der Waals surface area contributed by atoms with E-state index in [1.54, 1.807) is 28.8 Å². The van der Waals surface area contributed by atoms with Crippen molar-refractivity contribution in [2.75, 3.05) is 13.1 Å². The van der Waals surface area contributed by atoms with Crippen LogP contribution in [-0.2, 0) is 4.74 Å². The van der Waals surface area contributed by atoms with Crippen LogP contribution in [0, 0.1) is 0 Å². The highest BCUT2D eigenvalue weighted by atomic mass is 35.5. The normalized spacial score (nSPS) is 16.6. The first-order valence-corrected chi connectivity index (χ1v) is 8.63. The summed E-state index contributed by atoms with van der Waals surface area (Å²) >= 11 is 7.84. The minimum absolute atomic E-state index is 0.175. The number of hydrogen-bond acceptors (Lipinski definition) is 4. The molecule has 4 nitrogen and oxygen atoms in total. The van der Waals surface area contributed by atoms with Crippen LogP contribution < -0.4 is 0 Å². The molecule has 6 heteroatoms. The van der Waals surface area contributed by atoms with Gasteiger partial charge in [0, 0.05) is 23.2 Å². The van der Waals surface area contributed by atoms with E-state index in [4.69, 9.17) is 16.3 Å². The molecule has 1 saturated heterocycles. The molecule has 0 atom stereocenters. The molecule has 0 bridgehead atoms. The molecule has 2 rings (SSSR count). The summed E-state index contributed by atoms with van der Waals surface area (Å²) < 4.78 is 5.39. The lowest BCUT2D eigenvalue weighted by molar-refractivity contribution is 0.0219. The number of aromatic hydroxyl groups is 1. The van der Waals surface area contributed by atoms with E-state index in [2.05, 4.69) is 0 Å². The number of halogens is 1. The molecular weight excluding hydrogens is 322 g/mol. The predicted octanol–water partition coefficient (Wildman–Crippen LogP) is 4.54. The summed E-state index contributed by atoms with van der Waals surface area (Å²) in [5.74, 6) is 0.175. The van der Waals surface area contributed by atoms with E-state index >= 15 is 0 Å². The zero-order chi connectivity index (χ0) is 16.3. The summed E-state index contributed by atoms with van der Waals surface area (Å²) in [6, 6.07) is 5.03. The van der Waals surface area contributed by atoms with Gasteiger partial charge in [-0.2, -0.15) is 0 Å². The highest BCUT2D eigenvalue weighted by Gasteiger charge is 2.27. The topological polar surface area (TPSA) is 49.8 Å². The predicted molar refractivity (Wildman–Crippen MR) is 89.8 cm³/mol. The summed E-state index contributed by atoms with van der Waals surface area (Å²) in [4.78, 5) is 14.8. The number of piperidine rings is 1. The number of ether oxygens (including phenoxy) is 1. The molecule has 1 N–H and O–H groups in total. The van der Waals surface area contributed by atoms with E-state index in [0.717, 1.165) is 17.7 Å². The number of likely N-dealkylation sites (tertiary alicyclic amines) is 1. The van der Waals surface area contributed by atoms with Crippen LogP contribution in [0.4, 0.5) is 4.79 Å². The molecule has 22 heavy (non-hydrogen) atoms. The Morgan fingerprint density at radius 2 is 2.00 bits per heavy atom. The molecule has 0 radical (unpaired) electrons. The van der Waals surface area contributed by atoms with Gasteiger partial charge in [0.25, 0.3) is 0 Å². The van der Waals surface area contributed by atoms with Gasteiger partial charge in [-0.15, -0.1) is 11.8 Å². The average molecular weight is 344 g/mol. The zero-order valence-electron chi connectivity index (χ0n) is 13.1. The molecule has 1 amide bonds. The van der Waals surface area contributed by atoms with Crippen molar-refractivity contribution in [3.63, 3.8) is 0 Å². The van der Waals surface area contributed by atoms with Gasteiger partial charge in [0.1, 0.15) is 11.4 Å². The highest BCUT2D eigenvalue weighted by molar-refractivity contribution is 8.00. The Balaban J connectivity index is 1.86. The molecule has 1 aliphatic heterocycles. The molecule has 122 valence electrons. The SMILES string of the molecule is CC(C)(C)OC(=O)N1CCC(Sc2ccc(O)cc2Cl)CC1. The third-order valence-corrected chi connectivity index (χ3v) is 5.14. The van der Waals surface area contributed by atoms with Gasteiger partial charge in [0.2, 0.25) is 0 Å². The third kappa shape index (κ3) is 4.99. The van der Waals surface area contributed by atoms with Crippen molar-refractivity contribution in [3.8, 4) is 5.75 Å². The Labute approximate surface area is 140 Å². The number of carbonyl (C=O) groups excluding carboxylic acids is 1. The smallest absolute Gasteiger partial charge is 0.410 e. The fourth-order valence-corrected chi connectivity index (χ4v) is 3.68. The van der Waals surface area contributed by atoms with Crippen LogP contribution in [0.1, 0.15) is 33.6 Å². The maximum absolute atomic E-state index is 12.0. The van der Waals surface area contributed by atoms with Crippen molar-refractivity contribution < 1.29 is 14.6 Å². The number of phenolic OH excluding ortho intramolecular Hbond substituents is 1. The molecule has 1 aliphatic rings. The van der Waals surface area contributed by atoms with Crippen molar-refractivity contribution in [3.05, 3.63) is 23.2 Å². The van der Waals surface area contributed by atoms with Gasteiger partial charge in [-0.05, 0) is 51.8 Å². The van der Waals surface area contributed by atoms with Crippen molar-refractivity contribution >= 4 is 29.5 Å². The molecule has 1 aromatic carbocycles. The first-order valence-electron chi connectivity index (χ1n) is 7.38. The number of amides is 1. The van der Waals surface area contributed by atoms with Gasteiger partial charge in [-0.1, -0.05) is 11.6 Å². The fourth-order valence-electron chi connectivity index (χ4n) is 2.25. The van der Waals surface area contributed by atoms with E-state index in [9.17, 15) is 9.90 Å². The van der Waals surface area contributed by atoms with Crippen LogP contribution in [0.25, 0.3) is 0 Å². The second-order valence-corrected chi connectivity index (χ2v) is 8.15. The van der Waals surface area contributed by atoms with E-state index in [1.807, 2.05) is 26.8 Å². The lowest BCUT2D eigenvalue weighted by atomic mass is 10.1. The molecule has 0 unspecified atom stereocenters. The average Bonchev–Trinajstić information content (AvgIpc) is 2.41. The van der Waals surface area contributed by atoms with Crippen molar-refractivity contribution in [1.29, 1.82) is 0 Å². The van der Waals surface area contributed by atoms with E-state index in [0.29, 0.717) is 23.4 Å². The lowest BCUT2D eigenvalue weighted by Crippen LogP contribution is -2.42. The number of hydrogen-bond donors (Lipinski definition) is 1. The third-order valence-electron chi connectivity index (χ3n) is 3.30. The lowest BCUT2D eigenvalue weighted by Gasteiger charge is -2.33. The largest absolute Gasteiger partial charge is 0.508 e. The second-order valence-electron chi connectivity index (χ2n) is 6.40. The minimum Gasteiger partial charge on any atom is -0.508 e. The molecule has 0 saturated carbocycles. The van der Waals surface area contributed by atoms with Gasteiger partial charge in [0.05, 0.1) is 5.02 Å². The summed E-state index contributed by atoms with van der Waals surface area (Å²) in [5.41, 5.74) is -0.456. The zero-order valence-corrected chi connectivity index (χ0v) is 14.7. The van der Waals surface area contributed by atoms with Gasteiger partial charge >= 0.3 is 6.09 Å². The Hall–Kier alpha value is -1.07. The number of rotatable bonds is 2. The molecule has 1 fully saturated rings. The van der Waals surface area contributed by atoms with E-state index < -0.39 is 5.60 Å². The van der Waals surface area contributed by atoms with Crippen molar-refractivity contribution in [2.45, 2.75) is 49.4 Å². The monoisotopic (exact) mass is 343 g/mol. The van der Waals surface area contributed by atoms with Gasteiger partial charge in [-0.25, -0.2) is 4.79 Å². The quantitative estimate of drug-likeness (QED) is 0.856. The Morgan fingerprint density at radius 1 is 1.36 bits per heavy atom. The molecule has 0 aliphatic carbocycles. The first kappa shape index (κ1) is 17.3. The van der Waals surface area contributed by atoms with Crippen LogP contribution in [0.2, 0.25) is 5.02 Å². The van der Waals surface area contributed by atoms with Crippen LogP contribution in [-0.4, -0.2) is 40.0 Å². The van der Waals surface area contributed by atoms with Crippen molar-refractivity contribution in [1.82, 2.24) is 4.90 Å². The molecule has 1 heterocycles. The summed E-state index contributed by atoms with van der Waals surface area (Å²) in [6.45, 7) is 7.02. The molecule has 1 aromatic rings. The Bertz CT molecular complexity index is 537. The van der Waals surface area contributed by atoms with Gasteiger partial charge in [-0.3, -0.25) is 0 Å². The number of nitrogens with zero attached hydrogens (tertiary/aromatic N) is 1. The first-order chi connectivity index (χ1) is 10.2. The van der Waals surface area contributed by atoms with E-state index in [1.165, 1.54) is 0 Å². The Kier molecular flexibility index (Phi) is 5.50. The summed E-state index contributed by atoms with van der Waals surface area (Å²) in [6.07, 6.45) is 1.57. The molecule has 0 spiro atoms. The maximum atomic E-state index is 12.0. The highest BCUT2D eigenvalue weighted by Crippen LogP contribution is 2.36. The standard InChI is InChI=1S/C16H22ClNO3S/c1-16(2,3)21-15(20)18-8-6-12(7-9-18)22-14-5-4-11(19)10-13(14)17/h4-5,10,12,19H,6-9H2,1-3H3. The Morgan fingerprint density at radius 3 is 2.55 bits per heavy atom. The number of benzene rings is 1. The summed E-state index contributed by atoms with van der Waals surface area (Å²) in [7, 11) is 0. The fraction of sp³-hybridized carbons (Fsp3) is 0.562. The van der Waals surface area contributed by atoms with Crippen LogP contribution in [0.5, 0.6) is 5.75 Å². The summed E-state index contributed by atoms with van der Waals surface area (Å²) in [5, 5.41) is 10.4. The van der Waals surface area contributed by atoms with Crippen LogP contribution in [0.15, 0.2) is 23.1 Å². The minimum atomic E-state index is -0.456. The number of phenols is 1. The van der Waals surface area contributed by atoms with Crippen LogP contribution >= 0.6 is 23.4 Å². The second kappa shape index (κ2) is 7.01. The van der Waals surface area contributed by atoms with Crippen LogP contribution in [0.3, 0.4) is 0 Å². The maximum Gasteiger partial charge on any atom is 0.410 e.